The summed E-state index contributed by atoms with van der Waals surface area (Å²) in [4.78, 5) is 25.5. The summed E-state index contributed by atoms with van der Waals surface area (Å²) in [5.74, 6) is -0.496. The number of halogens is 1. The van der Waals surface area contributed by atoms with Gasteiger partial charge in [0.1, 0.15) is 6.61 Å². The van der Waals surface area contributed by atoms with Gasteiger partial charge in [-0.1, -0.05) is 67.4 Å². The molecular weight excluding hydrogens is 469 g/mol. The van der Waals surface area contributed by atoms with E-state index in [1.807, 2.05) is 12.1 Å². The number of carbonyl (C=O) groups is 2. The molecule has 0 bridgehead atoms. The Morgan fingerprint density at radius 1 is 0.973 bits per heavy atom. The van der Waals surface area contributed by atoms with Crippen molar-refractivity contribution in [2.45, 2.75) is 59.6 Å². The first kappa shape index (κ1) is 27.9. The van der Waals surface area contributed by atoms with Crippen LogP contribution in [0.4, 0.5) is 4.39 Å². The maximum absolute atomic E-state index is 14.0. The van der Waals surface area contributed by atoms with Crippen LogP contribution in [0.25, 0.3) is 0 Å². The number of rotatable bonds is 11. The molecule has 0 unspecified atom stereocenters. The van der Waals surface area contributed by atoms with Crippen LogP contribution in [0.15, 0.2) is 60.7 Å². The van der Waals surface area contributed by atoms with E-state index in [0.717, 1.165) is 34.2 Å². The lowest BCUT2D eigenvalue weighted by Crippen LogP contribution is -2.30. The largest absolute Gasteiger partial charge is 0.486 e. The van der Waals surface area contributed by atoms with Gasteiger partial charge in [-0.2, -0.15) is 0 Å². The molecule has 5 nitrogen and oxygen atoms in total. The van der Waals surface area contributed by atoms with Crippen LogP contribution >= 0.6 is 0 Å². The first-order valence-corrected chi connectivity index (χ1v) is 12.6. The van der Waals surface area contributed by atoms with Crippen LogP contribution in [0.3, 0.4) is 0 Å². The van der Waals surface area contributed by atoms with E-state index in [1.54, 1.807) is 24.3 Å². The Morgan fingerprint density at radius 3 is 2.32 bits per heavy atom. The smallest absolute Gasteiger partial charge is 0.305 e. The molecule has 6 heteroatoms. The number of hydrogen-bond acceptors (Lipinski definition) is 4. The lowest BCUT2D eigenvalue weighted by molar-refractivity contribution is -0.140. The van der Waals surface area contributed by atoms with Crippen molar-refractivity contribution in [3.63, 3.8) is 0 Å². The molecule has 0 spiro atoms. The number of hydrogen-bond donors (Lipinski definition) is 1. The highest BCUT2D eigenvalue weighted by molar-refractivity contribution is 5.96. The highest BCUT2D eigenvalue weighted by Gasteiger charge is 2.21. The Hall–Kier alpha value is -3.67. The zero-order chi connectivity index (χ0) is 26.9. The van der Waals surface area contributed by atoms with Crippen molar-refractivity contribution in [1.82, 2.24) is 5.32 Å². The molecule has 1 atom stereocenters. The van der Waals surface area contributed by atoms with Crippen molar-refractivity contribution < 1.29 is 23.5 Å². The molecule has 0 aliphatic rings. The van der Waals surface area contributed by atoms with Crippen LogP contribution in [-0.2, 0) is 22.6 Å². The fraction of sp³-hybridized carbons (Fsp3) is 0.355. The van der Waals surface area contributed by atoms with E-state index < -0.39 is 5.82 Å². The van der Waals surface area contributed by atoms with Crippen LogP contribution < -0.4 is 10.1 Å². The molecule has 0 aliphatic carbocycles. The average molecular weight is 506 g/mol. The number of methoxy groups -OCH3 is 1. The van der Waals surface area contributed by atoms with Gasteiger partial charge in [0, 0.05) is 12.0 Å². The number of para-hydroxylation sites is 1. The van der Waals surface area contributed by atoms with Crippen molar-refractivity contribution in [1.29, 1.82) is 0 Å². The standard InChI is InChI=1S/C31H36FNO4/c1-20(2)14-28(25-16-21(3)15-22(4)17-25)33-31(35)26-18-23(10-11-24(26)12-13-30(34)36-5)19-37-29-9-7-6-8-27(29)32/h6-11,15-18,20,28H,12-14,19H2,1-5H3,(H,33,35)/t28-/m1/s1. The lowest BCUT2D eigenvalue weighted by atomic mass is 9.93. The summed E-state index contributed by atoms with van der Waals surface area (Å²) in [6.45, 7) is 8.46. The number of ether oxygens (including phenoxy) is 2. The number of amides is 1. The first-order valence-electron chi connectivity index (χ1n) is 12.6. The monoisotopic (exact) mass is 505 g/mol. The summed E-state index contributed by atoms with van der Waals surface area (Å²) in [6, 6.07) is 17.8. The van der Waals surface area contributed by atoms with E-state index in [1.165, 1.54) is 13.2 Å². The van der Waals surface area contributed by atoms with Crippen LogP contribution in [0.1, 0.15) is 70.9 Å². The summed E-state index contributed by atoms with van der Waals surface area (Å²) in [5, 5.41) is 3.23. The van der Waals surface area contributed by atoms with E-state index in [4.69, 9.17) is 9.47 Å². The van der Waals surface area contributed by atoms with Crippen molar-refractivity contribution in [3.8, 4) is 5.75 Å². The molecule has 0 radical (unpaired) electrons. The molecule has 3 aromatic carbocycles. The Bertz CT molecular complexity index is 1220. The molecule has 3 aromatic rings. The van der Waals surface area contributed by atoms with Gasteiger partial charge in [-0.3, -0.25) is 9.59 Å². The van der Waals surface area contributed by atoms with Crippen LogP contribution in [0.5, 0.6) is 5.75 Å². The second-order valence-electron chi connectivity index (χ2n) is 9.86. The number of esters is 1. The molecule has 0 aromatic heterocycles. The molecule has 3 rings (SSSR count). The third-order valence-electron chi connectivity index (χ3n) is 6.13. The second kappa shape index (κ2) is 13.0. The zero-order valence-electron chi connectivity index (χ0n) is 22.3. The van der Waals surface area contributed by atoms with Crippen molar-refractivity contribution in [2.24, 2.45) is 5.92 Å². The molecule has 1 amide bonds. The van der Waals surface area contributed by atoms with E-state index >= 15 is 0 Å². The molecule has 196 valence electrons. The number of nitrogens with one attached hydrogen (secondary N) is 1. The highest BCUT2D eigenvalue weighted by atomic mass is 19.1. The molecule has 1 N–H and O–H groups in total. The lowest BCUT2D eigenvalue weighted by Gasteiger charge is -2.23. The third kappa shape index (κ3) is 8.17. The van der Waals surface area contributed by atoms with E-state index in [2.05, 4.69) is 51.2 Å². The fourth-order valence-corrected chi connectivity index (χ4v) is 4.40. The third-order valence-corrected chi connectivity index (χ3v) is 6.13. The van der Waals surface area contributed by atoms with Crippen LogP contribution in [0.2, 0.25) is 0 Å². The Labute approximate surface area is 219 Å². The minimum absolute atomic E-state index is 0.102. The number of aryl methyl sites for hydroxylation is 3. The Balaban J connectivity index is 1.90. The van der Waals surface area contributed by atoms with Gasteiger partial charge in [0.25, 0.3) is 5.91 Å². The molecule has 0 saturated carbocycles. The molecule has 37 heavy (non-hydrogen) atoms. The van der Waals surface area contributed by atoms with Crippen LogP contribution in [0, 0.1) is 25.6 Å². The Morgan fingerprint density at radius 2 is 1.68 bits per heavy atom. The van der Waals surface area contributed by atoms with Crippen molar-refractivity contribution >= 4 is 11.9 Å². The van der Waals surface area contributed by atoms with E-state index in [0.29, 0.717) is 17.9 Å². The maximum Gasteiger partial charge on any atom is 0.305 e. The summed E-state index contributed by atoms with van der Waals surface area (Å²) in [6.07, 6.45) is 1.30. The summed E-state index contributed by atoms with van der Waals surface area (Å²) in [5.41, 5.74) is 5.28. The van der Waals surface area contributed by atoms with E-state index in [9.17, 15) is 14.0 Å². The number of benzene rings is 3. The predicted molar refractivity (Wildman–Crippen MR) is 143 cm³/mol. The van der Waals surface area contributed by atoms with Gasteiger partial charge in [0.15, 0.2) is 11.6 Å². The summed E-state index contributed by atoms with van der Waals surface area (Å²) >= 11 is 0. The molecular formula is C31H36FNO4. The van der Waals surface area contributed by atoms with Crippen molar-refractivity contribution in [3.05, 3.63) is 99.9 Å². The number of carbonyl (C=O) groups excluding carboxylic acids is 2. The van der Waals surface area contributed by atoms with Gasteiger partial charge in [-0.15, -0.1) is 0 Å². The predicted octanol–water partition coefficient (Wildman–Crippen LogP) is 6.64. The van der Waals surface area contributed by atoms with Gasteiger partial charge >= 0.3 is 5.97 Å². The Kier molecular flexibility index (Phi) is 9.84. The topological polar surface area (TPSA) is 64.6 Å². The molecule has 0 aliphatic heterocycles. The van der Waals surface area contributed by atoms with Gasteiger partial charge in [-0.25, -0.2) is 4.39 Å². The zero-order valence-corrected chi connectivity index (χ0v) is 22.3. The summed E-state index contributed by atoms with van der Waals surface area (Å²) < 4.78 is 24.5. The minimum atomic E-state index is -0.444. The fourth-order valence-electron chi connectivity index (χ4n) is 4.40. The van der Waals surface area contributed by atoms with Gasteiger partial charge in [0.05, 0.1) is 13.2 Å². The SMILES string of the molecule is COC(=O)CCc1ccc(COc2ccccc2F)cc1C(=O)N[C@H](CC(C)C)c1cc(C)cc(C)c1. The van der Waals surface area contributed by atoms with Gasteiger partial charge < -0.3 is 14.8 Å². The highest BCUT2D eigenvalue weighted by Crippen LogP contribution is 2.25. The average Bonchev–Trinajstić information content (AvgIpc) is 2.85. The van der Waals surface area contributed by atoms with Gasteiger partial charge in [0.2, 0.25) is 0 Å². The molecule has 0 heterocycles. The van der Waals surface area contributed by atoms with Crippen LogP contribution in [-0.4, -0.2) is 19.0 Å². The molecule has 0 fully saturated rings. The molecule has 0 saturated heterocycles. The quantitative estimate of drug-likeness (QED) is 0.297. The van der Waals surface area contributed by atoms with E-state index in [-0.39, 0.29) is 36.7 Å². The minimum Gasteiger partial charge on any atom is -0.486 e. The van der Waals surface area contributed by atoms with Crippen molar-refractivity contribution in [2.75, 3.05) is 7.11 Å². The maximum atomic E-state index is 14.0. The normalized spacial score (nSPS) is 11.8. The summed E-state index contributed by atoms with van der Waals surface area (Å²) in [7, 11) is 1.35. The van der Waals surface area contributed by atoms with Gasteiger partial charge in [-0.05, 0) is 67.5 Å². The second-order valence-corrected chi connectivity index (χ2v) is 9.86. The first-order chi connectivity index (χ1) is 17.7.